The van der Waals surface area contributed by atoms with Crippen LogP contribution in [-0.2, 0) is 16.6 Å². The molecule has 20 heavy (non-hydrogen) atoms. The summed E-state index contributed by atoms with van der Waals surface area (Å²) in [7, 11) is -3.65. The summed E-state index contributed by atoms with van der Waals surface area (Å²) in [5.74, 6) is 0.539. The van der Waals surface area contributed by atoms with Crippen molar-refractivity contribution in [3.05, 3.63) is 53.5 Å². The minimum Gasteiger partial charge on any atom is -0.468 e. The molecule has 0 aliphatic carbocycles. The van der Waals surface area contributed by atoms with Gasteiger partial charge in [0.1, 0.15) is 10.7 Å². The molecular weight excluding hydrogens is 296 g/mol. The summed E-state index contributed by atoms with van der Waals surface area (Å²) >= 11 is 4.86. The Bertz CT molecular complexity index is 722. The van der Waals surface area contributed by atoms with Gasteiger partial charge in [-0.2, -0.15) is 0 Å². The van der Waals surface area contributed by atoms with Gasteiger partial charge in [-0.3, -0.25) is 0 Å². The summed E-state index contributed by atoms with van der Waals surface area (Å²) in [5.41, 5.74) is 6.67. The maximum atomic E-state index is 12.3. The molecule has 0 radical (unpaired) electrons. The van der Waals surface area contributed by atoms with Crippen molar-refractivity contribution in [1.29, 1.82) is 0 Å². The van der Waals surface area contributed by atoms with Crippen molar-refractivity contribution in [3.63, 3.8) is 0 Å². The number of nitrogens with one attached hydrogen (secondary N) is 1. The van der Waals surface area contributed by atoms with E-state index in [9.17, 15) is 8.42 Å². The molecule has 106 valence electrons. The van der Waals surface area contributed by atoms with Gasteiger partial charge < -0.3 is 10.2 Å². The Morgan fingerprint density at radius 2 is 2.15 bits per heavy atom. The lowest BCUT2D eigenvalue weighted by Gasteiger charge is -2.10. The zero-order valence-electron chi connectivity index (χ0n) is 10.8. The SMILES string of the molecule is Cc1ccc(C(N)=S)cc1S(=O)(=O)NCc1ccco1. The highest BCUT2D eigenvalue weighted by Crippen LogP contribution is 2.17. The van der Waals surface area contributed by atoms with Crippen LogP contribution in [0.4, 0.5) is 0 Å². The minimum atomic E-state index is -3.65. The molecule has 0 saturated heterocycles. The highest BCUT2D eigenvalue weighted by atomic mass is 32.2. The van der Waals surface area contributed by atoms with E-state index in [0.717, 1.165) is 0 Å². The molecule has 1 aromatic heterocycles. The standard InChI is InChI=1S/C13H14N2O3S2/c1-9-4-5-10(13(14)19)7-12(9)20(16,17)15-8-11-3-2-6-18-11/h2-7,15H,8H2,1H3,(H2,14,19). The van der Waals surface area contributed by atoms with Crippen LogP contribution in [-0.4, -0.2) is 13.4 Å². The number of sulfonamides is 1. The molecule has 1 heterocycles. The lowest BCUT2D eigenvalue weighted by atomic mass is 10.1. The third-order valence-electron chi connectivity index (χ3n) is 2.78. The number of thiocarbonyl (C=S) groups is 1. The van der Waals surface area contributed by atoms with E-state index in [1.807, 2.05) is 0 Å². The van der Waals surface area contributed by atoms with Crippen LogP contribution in [0, 0.1) is 6.92 Å². The molecule has 1 aromatic carbocycles. The maximum absolute atomic E-state index is 12.3. The molecule has 0 spiro atoms. The van der Waals surface area contributed by atoms with Gasteiger partial charge in [-0.25, -0.2) is 13.1 Å². The van der Waals surface area contributed by atoms with Gasteiger partial charge in [0.2, 0.25) is 10.0 Å². The number of aryl methyl sites for hydroxylation is 1. The fraction of sp³-hybridized carbons (Fsp3) is 0.154. The lowest BCUT2D eigenvalue weighted by molar-refractivity contribution is 0.498. The van der Waals surface area contributed by atoms with Crippen LogP contribution in [0.1, 0.15) is 16.9 Å². The average molecular weight is 310 g/mol. The molecule has 0 bridgehead atoms. The second-order valence-corrected chi connectivity index (χ2v) is 6.42. The summed E-state index contributed by atoms with van der Waals surface area (Å²) in [6.07, 6.45) is 1.49. The third kappa shape index (κ3) is 3.24. The topological polar surface area (TPSA) is 85.3 Å². The summed E-state index contributed by atoms with van der Waals surface area (Å²) in [6, 6.07) is 8.24. The van der Waals surface area contributed by atoms with Crippen molar-refractivity contribution >= 4 is 27.2 Å². The first kappa shape index (κ1) is 14.7. The average Bonchev–Trinajstić information content (AvgIpc) is 2.89. The third-order valence-corrected chi connectivity index (χ3v) is 4.56. The van der Waals surface area contributed by atoms with Crippen molar-refractivity contribution in [3.8, 4) is 0 Å². The van der Waals surface area contributed by atoms with Crippen molar-refractivity contribution in [2.24, 2.45) is 5.73 Å². The Labute approximate surface area is 122 Å². The van der Waals surface area contributed by atoms with Crippen molar-refractivity contribution < 1.29 is 12.8 Å². The minimum absolute atomic E-state index is 0.0894. The van der Waals surface area contributed by atoms with Gasteiger partial charge in [-0.05, 0) is 30.7 Å². The van der Waals surface area contributed by atoms with E-state index in [4.69, 9.17) is 22.4 Å². The Kier molecular flexibility index (Phi) is 4.22. The normalized spacial score (nSPS) is 11.4. The predicted molar refractivity (Wildman–Crippen MR) is 79.8 cm³/mol. The van der Waals surface area contributed by atoms with Gasteiger partial charge in [-0.15, -0.1) is 0 Å². The molecule has 2 rings (SSSR count). The van der Waals surface area contributed by atoms with Crippen LogP contribution in [0.25, 0.3) is 0 Å². The van der Waals surface area contributed by atoms with Crippen LogP contribution in [0.2, 0.25) is 0 Å². The molecule has 0 aliphatic heterocycles. The number of nitrogens with two attached hydrogens (primary N) is 1. The summed E-state index contributed by atoms with van der Waals surface area (Å²) < 4.78 is 32.1. The van der Waals surface area contributed by atoms with Crippen LogP contribution in [0.5, 0.6) is 0 Å². The first-order valence-corrected chi connectivity index (χ1v) is 7.72. The fourth-order valence-electron chi connectivity index (χ4n) is 1.70. The Hall–Kier alpha value is -1.70. The molecule has 0 fully saturated rings. The smallest absolute Gasteiger partial charge is 0.241 e. The maximum Gasteiger partial charge on any atom is 0.241 e. The van der Waals surface area contributed by atoms with Gasteiger partial charge in [0, 0.05) is 5.56 Å². The van der Waals surface area contributed by atoms with E-state index in [-0.39, 0.29) is 16.4 Å². The molecule has 0 saturated carbocycles. The Balaban J connectivity index is 2.28. The second kappa shape index (κ2) is 5.74. The second-order valence-electron chi connectivity index (χ2n) is 4.25. The zero-order valence-corrected chi connectivity index (χ0v) is 12.4. The first-order chi connectivity index (χ1) is 9.40. The summed E-state index contributed by atoms with van der Waals surface area (Å²) in [6.45, 7) is 1.80. The Morgan fingerprint density at radius 1 is 1.40 bits per heavy atom. The number of furan rings is 1. The first-order valence-electron chi connectivity index (χ1n) is 5.82. The molecule has 0 amide bonds. The zero-order chi connectivity index (χ0) is 14.8. The van der Waals surface area contributed by atoms with E-state index in [1.54, 1.807) is 31.2 Å². The van der Waals surface area contributed by atoms with Gasteiger partial charge in [0.15, 0.2) is 0 Å². The molecule has 2 aromatic rings. The molecule has 7 heteroatoms. The van der Waals surface area contributed by atoms with E-state index < -0.39 is 10.0 Å². The number of hydrogen-bond donors (Lipinski definition) is 2. The number of benzene rings is 1. The number of hydrogen-bond acceptors (Lipinski definition) is 4. The van der Waals surface area contributed by atoms with Gasteiger partial charge in [0.05, 0.1) is 17.7 Å². The van der Waals surface area contributed by atoms with Crippen LogP contribution < -0.4 is 10.5 Å². The van der Waals surface area contributed by atoms with Crippen LogP contribution in [0.3, 0.4) is 0 Å². The van der Waals surface area contributed by atoms with Crippen LogP contribution >= 0.6 is 12.2 Å². The van der Waals surface area contributed by atoms with E-state index in [2.05, 4.69) is 4.72 Å². The van der Waals surface area contributed by atoms with Gasteiger partial charge in [0.25, 0.3) is 0 Å². The highest BCUT2D eigenvalue weighted by Gasteiger charge is 2.18. The molecular formula is C13H14N2O3S2. The summed E-state index contributed by atoms with van der Waals surface area (Å²) in [5, 5.41) is 0. The Morgan fingerprint density at radius 3 is 2.75 bits per heavy atom. The molecule has 0 aliphatic rings. The largest absolute Gasteiger partial charge is 0.468 e. The monoisotopic (exact) mass is 310 g/mol. The van der Waals surface area contributed by atoms with E-state index in [1.165, 1.54) is 12.3 Å². The van der Waals surface area contributed by atoms with E-state index >= 15 is 0 Å². The quantitative estimate of drug-likeness (QED) is 0.821. The van der Waals surface area contributed by atoms with Gasteiger partial charge in [-0.1, -0.05) is 24.4 Å². The van der Waals surface area contributed by atoms with Crippen LogP contribution in [0.15, 0.2) is 45.9 Å². The van der Waals surface area contributed by atoms with Crippen molar-refractivity contribution in [2.75, 3.05) is 0 Å². The highest BCUT2D eigenvalue weighted by molar-refractivity contribution is 7.89. The van der Waals surface area contributed by atoms with Gasteiger partial charge >= 0.3 is 0 Å². The summed E-state index contributed by atoms with van der Waals surface area (Å²) in [4.78, 5) is 0.321. The van der Waals surface area contributed by atoms with Crippen molar-refractivity contribution in [2.45, 2.75) is 18.4 Å². The molecule has 0 unspecified atom stereocenters. The molecule has 3 N–H and O–H groups in total. The number of rotatable bonds is 5. The molecule has 5 nitrogen and oxygen atoms in total. The van der Waals surface area contributed by atoms with Crippen molar-refractivity contribution in [1.82, 2.24) is 4.72 Å². The van der Waals surface area contributed by atoms with E-state index in [0.29, 0.717) is 16.9 Å². The predicted octanol–water partition coefficient (Wildman–Crippen LogP) is 1.70. The molecule has 0 atom stereocenters. The lowest BCUT2D eigenvalue weighted by Crippen LogP contribution is -2.24. The fourth-order valence-corrected chi connectivity index (χ4v) is 3.09.